The Balaban J connectivity index is -0.000000317. The zero-order valence-electron chi connectivity index (χ0n) is 16.7. The van der Waals surface area contributed by atoms with E-state index >= 15 is 0 Å². The summed E-state index contributed by atoms with van der Waals surface area (Å²) in [5.41, 5.74) is 14.8. The van der Waals surface area contributed by atoms with Crippen molar-refractivity contribution in [2.45, 2.75) is 51.2 Å². The number of aliphatic carboxylic acids is 4. The average Bonchev–Trinajstić information content (AvgIpc) is 3.22. The van der Waals surface area contributed by atoms with Crippen LogP contribution in [0.15, 0.2) is 0 Å². The number of hydrogen-bond acceptors (Lipinski definition) is 9. The SMILES string of the molecule is CCC(C)C(N)C(=O)O.NC(CS)C(=O)O.NCC(=O)O.O=C(O)C1CCCN1. The van der Waals surface area contributed by atoms with E-state index in [4.69, 9.17) is 31.9 Å². The molecule has 12 nitrogen and oxygen atoms in total. The van der Waals surface area contributed by atoms with Crippen LogP contribution in [0.1, 0.15) is 33.1 Å². The highest BCUT2D eigenvalue weighted by Crippen LogP contribution is 2.04. The van der Waals surface area contributed by atoms with Gasteiger partial charge < -0.3 is 42.9 Å². The Morgan fingerprint density at radius 1 is 1.10 bits per heavy atom. The number of hydrogen-bond donors (Lipinski definition) is 9. The Morgan fingerprint density at radius 3 is 1.69 bits per heavy atom. The maximum Gasteiger partial charge on any atom is 0.321 e. The maximum absolute atomic E-state index is 10.2. The van der Waals surface area contributed by atoms with E-state index in [1.165, 1.54) is 0 Å². The van der Waals surface area contributed by atoms with Crippen molar-refractivity contribution in [2.24, 2.45) is 23.1 Å². The summed E-state index contributed by atoms with van der Waals surface area (Å²) in [6, 6.07) is -1.78. The number of nitrogens with one attached hydrogen (secondary N) is 1. The largest absolute Gasteiger partial charge is 0.480 e. The van der Waals surface area contributed by atoms with Crippen LogP contribution in [-0.2, 0) is 19.2 Å². The molecule has 4 unspecified atom stereocenters. The lowest BCUT2D eigenvalue weighted by atomic mass is 10.0. The summed E-state index contributed by atoms with van der Waals surface area (Å²) in [6.45, 7) is 4.34. The Bertz CT molecular complexity index is 490. The van der Waals surface area contributed by atoms with Crippen LogP contribution in [0.2, 0.25) is 0 Å². The van der Waals surface area contributed by atoms with Gasteiger partial charge in [-0.15, -0.1) is 0 Å². The molecule has 0 aliphatic carbocycles. The van der Waals surface area contributed by atoms with Gasteiger partial charge in [-0.2, -0.15) is 12.6 Å². The van der Waals surface area contributed by atoms with E-state index in [9.17, 15) is 19.2 Å². The highest BCUT2D eigenvalue weighted by molar-refractivity contribution is 7.80. The number of carboxylic acid groups (broad SMARTS) is 4. The van der Waals surface area contributed by atoms with Crippen LogP contribution in [0.4, 0.5) is 0 Å². The van der Waals surface area contributed by atoms with E-state index < -0.39 is 36.0 Å². The summed E-state index contributed by atoms with van der Waals surface area (Å²) in [4.78, 5) is 39.3. The summed E-state index contributed by atoms with van der Waals surface area (Å²) in [6.07, 6.45) is 2.60. The summed E-state index contributed by atoms with van der Waals surface area (Å²) in [5.74, 6) is -3.34. The Kier molecular flexibility index (Phi) is 21.2. The molecule has 0 aromatic carbocycles. The molecular formula is C16H34N4O8S. The molecule has 0 aromatic rings. The monoisotopic (exact) mass is 442 g/mol. The topological polar surface area (TPSA) is 239 Å². The van der Waals surface area contributed by atoms with Crippen molar-refractivity contribution in [1.29, 1.82) is 0 Å². The second-order valence-corrected chi connectivity index (χ2v) is 6.33. The van der Waals surface area contributed by atoms with Crippen LogP contribution in [0.25, 0.3) is 0 Å². The summed E-state index contributed by atoms with van der Waals surface area (Å²) >= 11 is 3.65. The molecule has 13 heteroatoms. The first-order valence-electron chi connectivity index (χ1n) is 8.81. The molecule has 0 radical (unpaired) electrons. The molecule has 4 atom stereocenters. The van der Waals surface area contributed by atoms with Crippen molar-refractivity contribution in [3.63, 3.8) is 0 Å². The van der Waals surface area contributed by atoms with Gasteiger partial charge >= 0.3 is 23.9 Å². The standard InChI is InChI=1S/C6H13NO2.C5H9NO2.C3H7NO2S.C2H5NO2/c1-3-4(2)5(7)6(8)9;7-5(8)4-2-1-3-6-4;4-2(1-7)3(5)6;3-1-2(4)5/h4-5H,3,7H2,1-2H3,(H,8,9);4,6H,1-3H2,(H,7,8);2,7H,1,4H2,(H,5,6);1,3H2,(H,4,5). The molecule has 0 bridgehead atoms. The van der Waals surface area contributed by atoms with Gasteiger partial charge in [-0.3, -0.25) is 19.2 Å². The lowest BCUT2D eigenvalue weighted by Crippen LogP contribution is -2.36. The van der Waals surface area contributed by atoms with Gasteiger partial charge in [-0.05, 0) is 25.3 Å². The normalized spacial score (nSPS) is 17.5. The first kappa shape index (κ1) is 31.8. The van der Waals surface area contributed by atoms with E-state index in [2.05, 4.69) is 23.7 Å². The number of carboxylic acids is 4. The first-order valence-corrected chi connectivity index (χ1v) is 9.44. The number of rotatable bonds is 7. The second kappa shape index (κ2) is 19.4. The predicted molar refractivity (Wildman–Crippen MR) is 110 cm³/mol. The molecule has 0 saturated carbocycles. The van der Waals surface area contributed by atoms with Gasteiger partial charge in [0.25, 0.3) is 0 Å². The summed E-state index contributed by atoms with van der Waals surface area (Å²) in [5, 5.41) is 35.2. The molecule has 172 valence electrons. The minimum absolute atomic E-state index is 0.0718. The molecule has 1 fully saturated rings. The van der Waals surface area contributed by atoms with E-state index in [0.717, 1.165) is 25.8 Å². The molecule has 1 aliphatic rings. The fraction of sp³-hybridized carbons (Fsp3) is 0.750. The van der Waals surface area contributed by atoms with Crippen molar-refractivity contribution in [3.8, 4) is 0 Å². The second-order valence-electron chi connectivity index (χ2n) is 5.96. The Hall–Kier alpha value is -1.93. The molecule has 29 heavy (non-hydrogen) atoms. The van der Waals surface area contributed by atoms with E-state index in [1.807, 2.05) is 13.8 Å². The third kappa shape index (κ3) is 20.6. The predicted octanol–water partition coefficient (Wildman–Crippen LogP) is -1.37. The van der Waals surface area contributed by atoms with Crippen LogP contribution in [0, 0.1) is 5.92 Å². The quantitative estimate of drug-likeness (QED) is 0.207. The fourth-order valence-electron chi connectivity index (χ4n) is 1.47. The average molecular weight is 443 g/mol. The van der Waals surface area contributed by atoms with Gasteiger partial charge in [0.05, 0.1) is 6.54 Å². The summed E-state index contributed by atoms with van der Waals surface area (Å²) in [7, 11) is 0. The van der Waals surface area contributed by atoms with Gasteiger partial charge in [-0.1, -0.05) is 20.3 Å². The van der Waals surface area contributed by atoms with Gasteiger partial charge in [0.1, 0.15) is 18.1 Å². The molecule has 0 spiro atoms. The number of thiol groups is 1. The van der Waals surface area contributed by atoms with Crippen molar-refractivity contribution in [2.75, 3.05) is 18.8 Å². The molecule has 1 rings (SSSR count). The van der Waals surface area contributed by atoms with Crippen LogP contribution < -0.4 is 22.5 Å². The lowest BCUT2D eigenvalue weighted by Gasteiger charge is -2.11. The molecular weight excluding hydrogens is 408 g/mol. The third-order valence-corrected chi connectivity index (χ3v) is 3.98. The van der Waals surface area contributed by atoms with Crippen LogP contribution in [-0.4, -0.2) is 81.3 Å². The molecule has 1 aliphatic heterocycles. The Labute approximate surface area is 175 Å². The van der Waals surface area contributed by atoms with Crippen molar-refractivity contribution >= 4 is 36.5 Å². The van der Waals surface area contributed by atoms with E-state index in [-0.39, 0.29) is 24.3 Å². The number of nitrogens with two attached hydrogens (primary N) is 3. The number of carbonyl (C=O) groups is 4. The van der Waals surface area contributed by atoms with Crippen molar-refractivity contribution in [3.05, 3.63) is 0 Å². The van der Waals surface area contributed by atoms with Crippen LogP contribution >= 0.6 is 12.6 Å². The maximum atomic E-state index is 10.2. The van der Waals surface area contributed by atoms with Gasteiger partial charge in [0.15, 0.2) is 0 Å². The minimum atomic E-state index is -1.00. The zero-order chi connectivity index (χ0) is 23.6. The highest BCUT2D eigenvalue weighted by atomic mass is 32.1. The molecule has 1 heterocycles. The van der Waals surface area contributed by atoms with E-state index in [0.29, 0.717) is 0 Å². The van der Waals surface area contributed by atoms with E-state index in [1.54, 1.807) is 0 Å². The molecule has 0 amide bonds. The Morgan fingerprint density at radius 2 is 1.59 bits per heavy atom. The van der Waals surface area contributed by atoms with Gasteiger partial charge in [0.2, 0.25) is 0 Å². The van der Waals surface area contributed by atoms with Crippen molar-refractivity contribution < 1.29 is 39.6 Å². The smallest absolute Gasteiger partial charge is 0.321 e. The summed E-state index contributed by atoms with van der Waals surface area (Å²) < 4.78 is 0. The minimum Gasteiger partial charge on any atom is -0.480 e. The third-order valence-electron chi connectivity index (χ3n) is 3.59. The molecule has 0 aromatic heterocycles. The zero-order valence-corrected chi connectivity index (χ0v) is 17.5. The van der Waals surface area contributed by atoms with Crippen molar-refractivity contribution in [1.82, 2.24) is 5.32 Å². The van der Waals surface area contributed by atoms with Crippen LogP contribution in [0.5, 0.6) is 0 Å². The fourth-order valence-corrected chi connectivity index (χ4v) is 1.63. The lowest BCUT2D eigenvalue weighted by molar-refractivity contribution is -0.140. The molecule has 1 saturated heterocycles. The molecule has 11 N–H and O–H groups in total. The highest BCUT2D eigenvalue weighted by Gasteiger charge is 2.20. The first-order chi connectivity index (χ1) is 13.3. The van der Waals surface area contributed by atoms with Gasteiger partial charge in [0, 0.05) is 5.75 Å². The van der Waals surface area contributed by atoms with Crippen LogP contribution in [0.3, 0.4) is 0 Å². The van der Waals surface area contributed by atoms with Gasteiger partial charge in [-0.25, -0.2) is 0 Å².